The molecule has 50 heavy (non-hydrogen) atoms. The maximum atomic E-state index is 11.0. The van der Waals surface area contributed by atoms with Gasteiger partial charge in [0.25, 0.3) is 0 Å². The number of hydrogen-bond acceptors (Lipinski definition) is 4. The van der Waals surface area contributed by atoms with Gasteiger partial charge < -0.3 is 10.2 Å². The molecule has 2 N–H and O–H groups in total. The van der Waals surface area contributed by atoms with Gasteiger partial charge in [-0.3, -0.25) is 9.36 Å². The van der Waals surface area contributed by atoms with Crippen LogP contribution >= 0.6 is 0 Å². The number of aryl methyl sites for hydroxylation is 4. The SMILES string of the molecule is CC[C@@]1(O)CC[C@@]2(Cc3ccccc3)c3nn(C)cc3CCC[C@H]2C1.CC[C@]1(O)CC[C@]2(Cc3ccccc3)c3nn(C)cc3CCC[C@@H]2C1. The van der Waals surface area contributed by atoms with E-state index < -0.39 is 11.2 Å². The second-order valence-corrected chi connectivity index (χ2v) is 16.7. The van der Waals surface area contributed by atoms with E-state index in [-0.39, 0.29) is 10.8 Å². The minimum absolute atomic E-state index is 0.0792. The maximum absolute atomic E-state index is 11.0. The zero-order chi connectivity index (χ0) is 35.0. The summed E-state index contributed by atoms with van der Waals surface area (Å²) in [6.07, 6.45) is 21.1. The summed E-state index contributed by atoms with van der Waals surface area (Å²) < 4.78 is 4.00. The van der Waals surface area contributed by atoms with E-state index in [0.717, 1.165) is 77.0 Å². The molecule has 0 radical (unpaired) electrons. The molecular weight excluding hydrogens is 617 g/mol. The molecule has 0 spiro atoms. The summed E-state index contributed by atoms with van der Waals surface area (Å²) in [7, 11) is 4.09. The van der Waals surface area contributed by atoms with Gasteiger partial charge in [0.2, 0.25) is 0 Å². The molecule has 6 heteroatoms. The Bertz CT molecular complexity index is 1600. The van der Waals surface area contributed by atoms with E-state index in [2.05, 4.69) is 86.9 Å². The molecule has 0 unspecified atom stereocenters. The van der Waals surface area contributed by atoms with Crippen molar-refractivity contribution in [3.63, 3.8) is 0 Å². The second kappa shape index (κ2) is 14.1. The van der Waals surface area contributed by atoms with Crippen molar-refractivity contribution in [2.75, 3.05) is 0 Å². The highest BCUT2D eigenvalue weighted by molar-refractivity contribution is 5.35. The van der Waals surface area contributed by atoms with Crippen molar-refractivity contribution in [2.45, 2.75) is 139 Å². The molecule has 4 aromatic rings. The summed E-state index contributed by atoms with van der Waals surface area (Å²) in [5, 5.41) is 32.0. The van der Waals surface area contributed by atoms with Crippen LogP contribution in [0.2, 0.25) is 0 Å². The average molecular weight is 677 g/mol. The van der Waals surface area contributed by atoms with E-state index in [0.29, 0.717) is 11.8 Å². The first-order valence-electron chi connectivity index (χ1n) is 19.7. The number of rotatable bonds is 6. The van der Waals surface area contributed by atoms with E-state index in [4.69, 9.17) is 10.2 Å². The number of aliphatic hydroxyl groups is 2. The molecule has 2 saturated carbocycles. The Morgan fingerprint density at radius 3 is 1.40 bits per heavy atom. The zero-order valence-corrected chi connectivity index (χ0v) is 31.1. The Labute approximate surface area is 300 Å². The van der Waals surface area contributed by atoms with Gasteiger partial charge in [-0.05, 0) is 137 Å². The van der Waals surface area contributed by atoms with E-state index in [1.54, 1.807) is 0 Å². The smallest absolute Gasteiger partial charge is 0.0724 e. The largest absolute Gasteiger partial charge is 0.390 e. The van der Waals surface area contributed by atoms with Crippen LogP contribution in [0.3, 0.4) is 0 Å². The summed E-state index contributed by atoms with van der Waals surface area (Å²) in [5.41, 5.74) is 7.49. The third-order valence-electron chi connectivity index (χ3n) is 13.7. The lowest BCUT2D eigenvalue weighted by molar-refractivity contribution is -0.0509. The number of fused-ring (bicyclic) bond motifs is 6. The topological polar surface area (TPSA) is 76.1 Å². The molecule has 2 aromatic carbocycles. The van der Waals surface area contributed by atoms with Crippen LogP contribution in [0.4, 0.5) is 0 Å². The summed E-state index contributed by atoms with van der Waals surface area (Å²) in [6.45, 7) is 4.26. The summed E-state index contributed by atoms with van der Waals surface area (Å²) in [6, 6.07) is 21.7. The van der Waals surface area contributed by atoms with Gasteiger partial charge in [-0.1, -0.05) is 74.5 Å². The third kappa shape index (κ3) is 6.75. The molecule has 2 fully saturated rings. The quantitative estimate of drug-likeness (QED) is 0.215. The molecule has 0 aliphatic heterocycles. The van der Waals surface area contributed by atoms with Crippen molar-refractivity contribution in [3.8, 4) is 0 Å². The molecule has 0 saturated heterocycles. The number of nitrogens with zero attached hydrogens (tertiary/aromatic N) is 4. The highest BCUT2D eigenvalue weighted by Crippen LogP contribution is 2.55. The van der Waals surface area contributed by atoms with Crippen LogP contribution in [0.25, 0.3) is 0 Å². The lowest BCUT2D eigenvalue weighted by Crippen LogP contribution is -2.49. The Morgan fingerprint density at radius 2 is 1.02 bits per heavy atom. The highest BCUT2D eigenvalue weighted by Gasteiger charge is 2.53. The first-order valence-corrected chi connectivity index (χ1v) is 19.7. The normalized spacial score (nSPS) is 31.9. The van der Waals surface area contributed by atoms with E-state index in [1.165, 1.54) is 59.3 Å². The minimum atomic E-state index is -0.482. The maximum Gasteiger partial charge on any atom is 0.0724 e. The van der Waals surface area contributed by atoms with Crippen LogP contribution in [0, 0.1) is 11.8 Å². The van der Waals surface area contributed by atoms with Crippen molar-refractivity contribution in [2.24, 2.45) is 25.9 Å². The predicted octanol–water partition coefficient (Wildman–Crippen LogP) is 8.36. The molecule has 2 heterocycles. The van der Waals surface area contributed by atoms with Crippen molar-refractivity contribution >= 4 is 0 Å². The molecule has 2 aromatic heterocycles. The second-order valence-electron chi connectivity index (χ2n) is 16.7. The highest BCUT2D eigenvalue weighted by atomic mass is 16.3. The number of aromatic nitrogens is 4. The van der Waals surface area contributed by atoms with Crippen molar-refractivity contribution in [1.29, 1.82) is 0 Å². The zero-order valence-electron chi connectivity index (χ0n) is 31.1. The molecule has 268 valence electrons. The molecule has 0 bridgehead atoms. The van der Waals surface area contributed by atoms with Crippen LogP contribution in [-0.2, 0) is 50.6 Å². The predicted molar refractivity (Wildman–Crippen MR) is 201 cm³/mol. The van der Waals surface area contributed by atoms with Crippen molar-refractivity contribution in [3.05, 3.63) is 107 Å². The first-order chi connectivity index (χ1) is 24.1. The molecule has 4 aliphatic rings. The van der Waals surface area contributed by atoms with Gasteiger partial charge >= 0.3 is 0 Å². The van der Waals surface area contributed by atoms with Crippen molar-refractivity contribution in [1.82, 2.24) is 19.6 Å². The third-order valence-corrected chi connectivity index (χ3v) is 13.7. The fourth-order valence-electron chi connectivity index (χ4n) is 10.8. The van der Waals surface area contributed by atoms with Crippen molar-refractivity contribution < 1.29 is 10.2 Å². The lowest BCUT2D eigenvalue weighted by Gasteiger charge is -2.49. The fourth-order valence-corrected chi connectivity index (χ4v) is 10.8. The summed E-state index contributed by atoms with van der Waals surface area (Å²) in [4.78, 5) is 0. The lowest BCUT2D eigenvalue weighted by atomic mass is 9.57. The standard InChI is InChI=1S/2C22H30N2O/c2*1-3-21(25)12-13-22(14-17-8-5-4-6-9-17)19(15-21)11-7-10-18-16-24(2)23-20(18)22/h2*4-6,8-9,16,19,25H,3,7,10-15H2,1-2H3/t2*19-,21+,22-/m10/s1. The molecule has 8 rings (SSSR count). The number of hydrogen-bond donors (Lipinski definition) is 2. The van der Waals surface area contributed by atoms with Crippen LogP contribution < -0.4 is 0 Å². The van der Waals surface area contributed by atoms with Crippen LogP contribution in [-0.4, -0.2) is 41.0 Å². The van der Waals surface area contributed by atoms with Crippen LogP contribution in [0.5, 0.6) is 0 Å². The van der Waals surface area contributed by atoms with E-state index in [9.17, 15) is 10.2 Å². The monoisotopic (exact) mass is 676 g/mol. The average Bonchev–Trinajstić information content (AvgIpc) is 3.62. The van der Waals surface area contributed by atoms with Crippen LogP contribution in [0.15, 0.2) is 73.1 Å². The molecule has 6 nitrogen and oxygen atoms in total. The Balaban J connectivity index is 0.000000157. The Hall–Kier alpha value is -3.22. The van der Waals surface area contributed by atoms with Crippen LogP contribution in [0.1, 0.15) is 125 Å². The van der Waals surface area contributed by atoms with Gasteiger partial charge in [-0.25, -0.2) is 0 Å². The molecule has 4 aliphatic carbocycles. The van der Waals surface area contributed by atoms with Gasteiger partial charge in [0.05, 0.1) is 22.6 Å². The summed E-state index contributed by atoms with van der Waals surface area (Å²) >= 11 is 0. The fraction of sp³-hybridized carbons (Fsp3) is 0.591. The molecule has 0 amide bonds. The van der Waals surface area contributed by atoms with Gasteiger partial charge in [-0.2, -0.15) is 10.2 Å². The molecular formula is C44H60N4O2. The first kappa shape index (κ1) is 35.2. The van der Waals surface area contributed by atoms with Gasteiger partial charge in [-0.15, -0.1) is 0 Å². The minimum Gasteiger partial charge on any atom is -0.390 e. The van der Waals surface area contributed by atoms with Gasteiger partial charge in [0.15, 0.2) is 0 Å². The van der Waals surface area contributed by atoms with E-state index in [1.807, 2.05) is 23.5 Å². The number of benzene rings is 2. The van der Waals surface area contributed by atoms with E-state index >= 15 is 0 Å². The van der Waals surface area contributed by atoms with Gasteiger partial charge in [0, 0.05) is 37.3 Å². The molecule has 6 atom stereocenters. The summed E-state index contributed by atoms with van der Waals surface area (Å²) in [5.74, 6) is 1.03. The Morgan fingerprint density at radius 1 is 0.620 bits per heavy atom. The van der Waals surface area contributed by atoms with Gasteiger partial charge in [0.1, 0.15) is 0 Å². The Kier molecular flexibility index (Phi) is 9.90.